The van der Waals surface area contributed by atoms with Crippen LogP contribution >= 0.6 is 0 Å². The minimum absolute atomic E-state index is 0.655. The molecule has 2 aromatic carbocycles. The second-order valence-corrected chi connectivity index (χ2v) is 11.9. The summed E-state index contributed by atoms with van der Waals surface area (Å²) in [5.41, 5.74) is 7.46. The number of H-pyrrole nitrogens is 2. The molecular weight excluding hydrogens is 562 g/mol. The SMILES string of the molecule is CCN(CC)CCCc1c[nH]c2ccc(-n3cnnc3)cc12.Cc1nnn(Cc2ccc3[nH]cc(CCCCN(C)C)c3c2)n1. The van der Waals surface area contributed by atoms with Crippen LogP contribution in [0.3, 0.4) is 0 Å². The number of hydrogen-bond donors (Lipinski definition) is 2. The number of aryl methyl sites for hydroxylation is 3. The summed E-state index contributed by atoms with van der Waals surface area (Å²) in [6.07, 6.45) is 13.6. The minimum atomic E-state index is 0.655. The molecule has 0 aliphatic rings. The first-order valence-corrected chi connectivity index (χ1v) is 16.1. The molecule has 0 spiro atoms. The molecule has 0 saturated heterocycles. The highest BCUT2D eigenvalue weighted by atomic mass is 15.6. The van der Waals surface area contributed by atoms with Crippen molar-refractivity contribution in [2.45, 2.75) is 59.4 Å². The van der Waals surface area contributed by atoms with Crippen molar-refractivity contribution in [3.63, 3.8) is 0 Å². The summed E-state index contributed by atoms with van der Waals surface area (Å²) in [6.45, 7) is 11.5. The van der Waals surface area contributed by atoms with Gasteiger partial charge in [-0.15, -0.1) is 20.4 Å². The Morgan fingerprint density at radius 2 is 1.44 bits per heavy atom. The maximum Gasteiger partial charge on any atom is 0.171 e. The van der Waals surface area contributed by atoms with Gasteiger partial charge in [-0.2, -0.15) is 4.80 Å². The van der Waals surface area contributed by atoms with E-state index in [0.29, 0.717) is 12.4 Å². The molecular formula is C34H47N11. The average molecular weight is 610 g/mol. The lowest BCUT2D eigenvalue weighted by molar-refractivity contribution is 0.300. The van der Waals surface area contributed by atoms with Crippen LogP contribution in [0.2, 0.25) is 0 Å². The minimum Gasteiger partial charge on any atom is -0.361 e. The first-order chi connectivity index (χ1) is 21.9. The van der Waals surface area contributed by atoms with Crippen molar-refractivity contribution in [2.24, 2.45) is 0 Å². The van der Waals surface area contributed by atoms with E-state index in [9.17, 15) is 0 Å². The summed E-state index contributed by atoms with van der Waals surface area (Å²) in [5, 5.41) is 22.6. The molecule has 0 atom stereocenters. The monoisotopic (exact) mass is 609 g/mol. The van der Waals surface area contributed by atoms with Crippen molar-refractivity contribution in [1.29, 1.82) is 0 Å². The standard InChI is InChI=1S/C17H24N6.C17H23N5/c1-13-19-21-23(20-13)12-14-7-8-17-16(10-14)15(11-18-17)6-4-5-9-22(2)3;1-3-21(4-2)9-5-6-14-11-18-17-8-7-15(10-16(14)17)22-12-19-20-13-22/h7-8,10-11,18H,4-6,9,12H2,1-3H3;7-8,10-13,18H,3-6,9H2,1-2H3. The molecule has 0 aliphatic carbocycles. The van der Waals surface area contributed by atoms with Gasteiger partial charge < -0.3 is 19.8 Å². The van der Waals surface area contributed by atoms with Crippen LogP contribution in [0.15, 0.2) is 61.4 Å². The third kappa shape index (κ3) is 8.64. The number of benzene rings is 2. The zero-order chi connectivity index (χ0) is 31.6. The topological polar surface area (TPSA) is 112 Å². The Hall–Kier alpha value is -4.35. The van der Waals surface area contributed by atoms with Crippen molar-refractivity contribution >= 4 is 21.8 Å². The van der Waals surface area contributed by atoms with E-state index in [0.717, 1.165) is 44.7 Å². The summed E-state index contributed by atoms with van der Waals surface area (Å²) < 4.78 is 1.94. The summed E-state index contributed by atoms with van der Waals surface area (Å²) in [7, 11) is 4.25. The van der Waals surface area contributed by atoms with E-state index in [1.807, 2.05) is 11.5 Å². The Balaban J connectivity index is 0.000000178. The van der Waals surface area contributed by atoms with Gasteiger partial charge in [0.2, 0.25) is 0 Å². The molecule has 4 aromatic heterocycles. The number of tetrazole rings is 1. The Kier molecular flexibility index (Phi) is 11.1. The van der Waals surface area contributed by atoms with Gasteiger partial charge in [-0.3, -0.25) is 4.57 Å². The molecule has 6 aromatic rings. The Labute approximate surface area is 265 Å². The van der Waals surface area contributed by atoms with E-state index < -0.39 is 0 Å². The molecule has 6 rings (SSSR count). The second kappa shape index (κ2) is 15.6. The van der Waals surface area contributed by atoms with E-state index in [1.165, 1.54) is 57.8 Å². The molecule has 0 radical (unpaired) electrons. The van der Waals surface area contributed by atoms with Gasteiger partial charge in [0.15, 0.2) is 5.82 Å². The van der Waals surface area contributed by atoms with E-state index in [2.05, 4.69) is 122 Å². The fraction of sp³-hybridized carbons (Fsp3) is 0.441. The zero-order valence-corrected chi connectivity index (χ0v) is 27.4. The van der Waals surface area contributed by atoms with Gasteiger partial charge in [0, 0.05) is 39.9 Å². The quantitative estimate of drug-likeness (QED) is 0.159. The molecule has 45 heavy (non-hydrogen) atoms. The van der Waals surface area contributed by atoms with Gasteiger partial charge in [-0.25, -0.2) is 0 Å². The van der Waals surface area contributed by atoms with E-state index in [-0.39, 0.29) is 0 Å². The number of rotatable bonds is 14. The summed E-state index contributed by atoms with van der Waals surface area (Å²) in [6, 6.07) is 12.9. The smallest absolute Gasteiger partial charge is 0.171 e. The number of hydrogen-bond acceptors (Lipinski definition) is 7. The highest BCUT2D eigenvalue weighted by Gasteiger charge is 2.08. The Morgan fingerprint density at radius 3 is 2.09 bits per heavy atom. The van der Waals surface area contributed by atoms with Crippen molar-refractivity contribution < 1.29 is 0 Å². The summed E-state index contributed by atoms with van der Waals surface area (Å²) in [4.78, 5) is 13.1. The van der Waals surface area contributed by atoms with Crippen molar-refractivity contribution in [1.82, 2.24) is 54.7 Å². The van der Waals surface area contributed by atoms with Crippen LogP contribution in [0.4, 0.5) is 0 Å². The van der Waals surface area contributed by atoms with Crippen LogP contribution in [0.5, 0.6) is 0 Å². The maximum atomic E-state index is 4.26. The second-order valence-electron chi connectivity index (χ2n) is 11.9. The molecule has 0 bridgehead atoms. The molecule has 0 aliphatic heterocycles. The Bertz CT molecular complexity index is 1740. The lowest BCUT2D eigenvalue weighted by Crippen LogP contribution is -2.24. The number of nitrogens with one attached hydrogen (secondary N) is 2. The van der Waals surface area contributed by atoms with Crippen LogP contribution in [-0.2, 0) is 19.4 Å². The largest absolute Gasteiger partial charge is 0.361 e. The summed E-state index contributed by atoms with van der Waals surface area (Å²) in [5.74, 6) is 0.703. The van der Waals surface area contributed by atoms with Crippen LogP contribution in [-0.4, -0.2) is 95.0 Å². The number of fused-ring (bicyclic) bond motifs is 2. The third-order valence-corrected chi connectivity index (χ3v) is 8.29. The molecule has 11 nitrogen and oxygen atoms in total. The molecule has 0 unspecified atom stereocenters. The highest BCUT2D eigenvalue weighted by molar-refractivity contribution is 5.85. The first-order valence-electron chi connectivity index (χ1n) is 16.1. The van der Waals surface area contributed by atoms with E-state index >= 15 is 0 Å². The van der Waals surface area contributed by atoms with Gasteiger partial charge >= 0.3 is 0 Å². The van der Waals surface area contributed by atoms with Gasteiger partial charge in [-0.1, -0.05) is 19.9 Å². The van der Waals surface area contributed by atoms with Crippen LogP contribution in [0.25, 0.3) is 27.5 Å². The fourth-order valence-electron chi connectivity index (χ4n) is 5.73. The third-order valence-electron chi connectivity index (χ3n) is 8.29. The van der Waals surface area contributed by atoms with Crippen LogP contribution < -0.4 is 0 Å². The zero-order valence-electron chi connectivity index (χ0n) is 27.4. The predicted octanol–water partition coefficient (Wildman–Crippen LogP) is 5.42. The number of aromatic amines is 2. The molecule has 0 fully saturated rings. The van der Waals surface area contributed by atoms with Crippen molar-refractivity contribution in [3.8, 4) is 5.69 Å². The van der Waals surface area contributed by atoms with E-state index in [4.69, 9.17) is 0 Å². The lowest BCUT2D eigenvalue weighted by atomic mass is 10.0. The van der Waals surface area contributed by atoms with Gasteiger partial charge in [0.05, 0.1) is 6.54 Å². The maximum absolute atomic E-state index is 4.26. The normalized spacial score (nSPS) is 11.6. The van der Waals surface area contributed by atoms with E-state index in [1.54, 1.807) is 17.5 Å². The van der Waals surface area contributed by atoms with Crippen LogP contribution in [0.1, 0.15) is 55.6 Å². The van der Waals surface area contributed by atoms with Crippen molar-refractivity contribution in [3.05, 3.63) is 84.0 Å². The predicted molar refractivity (Wildman–Crippen MR) is 181 cm³/mol. The van der Waals surface area contributed by atoms with Crippen LogP contribution in [0, 0.1) is 6.92 Å². The lowest BCUT2D eigenvalue weighted by Gasteiger charge is -2.17. The molecule has 0 saturated carbocycles. The van der Waals surface area contributed by atoms with Gasteiger partial charge in [0.1, 0.15) is 12.7 Å². The molecule has 2 N–H and O–H groups in total. The average Bonchev–Trinajstić information content (AvgIpc) is 3.86. The molecule has 4 heterocycles. The number of nitrogens with zero attached hydrogens (tertiary/aromatic N) is 9. The first kappa shape index (κ1) is 32.1. The van der Waals surface area contributed by atoms with Crippen molar-refractivity contribution in [2.75, 3.05) is 40.3 Å². The molecule has 0 amide bonds. The highest BCUT2D eigenvalue weighted by Crippen LogP contribution is 2.24. The number of aromatic nitrogens is 9. The molecule has 11 heteroatoms. The van der Waals surface area contributed by atoms with Gasteiger partial charge in [-0.05, 0) is 132 Å². The summed E-state index contributed by atoms with van der Waals surface area (Å²) >= 11 is 0. The Morgan fingerprint density at radius 1 is 0.778 bits per heavy atom. The molecule has 238 valence electrons. The fourth-order valence-corrected chi connectivity index (χ4v) is 5.73. The van der Waals surface area contributed by atoms with Gasteiger partial charge in [0.25, 0.3) is 0 Å². The number of unbranched alkanes of at least 4 members (excludes halogenated alkanes) is 1.